The highest BCUT2D eigenvalue weighted by molar-refractivity contribution is 5.94. The minimum Gasteiger partial charge on any atom is -0.358 e. The zero-order valence-corrected chi connectivity index (χ0v) is 14.0. The maximum Gasteiger partial charge on any atom is 0.239 e. The lowest BCUT2D eigenvalue weighted by Crippen LogP contribution is -2.23. The van der Waals surface area contributed by atoms with E-state index < -0.39 is 0 Å². The number of amides is 2. The molecule has 0 atom stereocenters. The highest BCUT2D eigenvalue weighted by atomic mass is 16.2. The van der Waals surface area contributed by atoms with Crippen LogP contribution in [0.25, 0.3) is 10.9 Å². The molecule has 0 aliphatic heterocycles. The molecule has 25 heavy (non-hydrogen) atoms. The van der Waals surface area contributed by atoms with Crippen molar-refractivity contribution in [3.05, 3.63) is 60.6 Å². The zero-order chi connectivity index (χ0) is 17.6. The van der Waals surface area contributed by atoms with E-state index in [9.17, 15) is 9.59 Å². The number of fused-ring (bicyclic) bond motifs is 1. The second-order valence-corrected chi connectivity index (χ2v) is 5.80. The molecule has 2 aromatic heterocycles. The Balaban J connectivity index is 1.67. The van der Waals surface area contributed by atoms with Crippen LogP contribution in [-0.4, -0.2) is 28.4 Å². The summed E-state index contributed by atoms with van der Waals surface area (Å²) in [6.07, 6.45) is 6.39. The molecule has 0 saturated heterocycles. The number of carbonyl (C=O) groups excluding carboxylic acids is 2. The van der Waals surface area contributed by atoms with Gasteiger partial charge < -0.3 is 15.2 Å². The molecule has 2 amide bonds. The molecule has 0 radical (unpaired) electrons. The van der Waals surface area contributed by atoms with Gasteiger partial charge in [0.05, 0.1) is 5.52 Å². The van der Waals surface area contributed by atoms with Crippen molar-refractivity contribution in [1.29, 1.82) is 0 Å². The molecule has 3 aromatic rings. The number of carbonyl (C=O) groups is 2. The first-order valence-electron chi connectivity index (χ1n) is 8.14. The number of hydrogen-bond donors (Lipinski definition) is 2. The minimum atomic E-state index is -0.0663. The van der Waals surface area contributed by atoms with Gasteiger partial charge in [-0.2, -0.15) is 0 Å². The van der Waals surface area contributed by atoms with Crippen molar-refractivity contribution in [1.82, 2.24) is 14.9 Å². The first-order valence-corrected chi connectivity index (χ1v) is 8.14. The number of benzene rings is 1. The smallest absolute Gasteiger partial charge is 0.239 e. The van der Waals surface area contributed by atoms with Gasteiger partial charge in [-0.15, -0.1) is 0 Å². The summed E-state index contributed by atoms with van der Waals surface area (Å²) >= 11 is 0. The molecule has 6 heteroatoms. The summed E-state index contributed by atoms with van der Waals surface area (Å²) in [7, 11) is 1.61. The van der Waals surface area contributed by atoms with Crippen molar-refractivity contribution in [3.8, 4) is 0 Å². The van der Waals surface area contributed by atoms with Gasteiger partial charge in [-0.1, -0.05) is 12.1 Å². The van der Waals surface area contributed by atoms with Crippen molar-refractivity contribution in [2.24, 2.45) is 0 Å². The van der Waals surface area contributed by atoms with Crippen LogP contribution < -0.4 is 10.6 Å². The number of rotatable bonds is 6. The van der Waals surface area contributed by atoms with E-state index in [0.717, 1.165) is 22.2 Å². The quantitative estimate of drug-likeness (QED) is 0.725. The molecule has 0 unspecified atom stereocenters. The summed E-state index contributed by atoms with van der Waals surface area (Å²) in [6, 6.07) is 11.5. The van der Waals surface area contributed by atoms with Gasteiger partial charge in [-0.05, 0) is 41.6 Å². The Kier molecular flexibility index (Phi) is 5.09. The van der Waals surface area contributed by atoms with Crippen molar-refractivity contribution >= 4 is 28.4 Å². The second-order valence-electron chi connectivity index (χ2n) is 5.80. The van der Waals surface area contributed by atoms with Crippen molar-refractivity contribution < 1.29 is 9.59 Å². The topological polar surface area (TPSA) is 76.0 Å². The average Bonchev–Trinajstić information content (AvgIpc) is 3.03. The number of aryl methyl sites for hydroxylation is 1. The monoisotopic (exact) mass is 336 g/mol. The van der Waals surface area contributed by atoms with Gasteiger partial charge in [-0.25, -0.2) is 0 Å². The number of anilines is 1. The third-order valence-corrected chi connectivity index (χ3v) is 4.01. The third kappa shape index (κ3) is 4.23. The van der Waals surface area contributed by atoms with Crippen LogP contribution in [0.15, 0.2) is 55.0 Å². The van der Waals surface area contributed by atoms with Crippen LogP contribution in [0.3, 0.4) is 0 Å². The van der Waals surface area contributed by atoms with Crippen molar-refractivity contribution in [2.75, 3.05) is 12.4 Å². The van der Waals surface area contributed by atoms with Crippen molar-refractivity contribution in [3.63, 3.8) is 0 Å². The molecule has 2 N–H and O–H groups in total. The maximum atomic E-state index is 12.2. The SMILES string of the molecule is CNC(=O)Cn1ccc2ccc(NC(=O)CCc3cccnc3)cc21. The van der Waals surface area contributed by atoms with Gasteiger partial charge in [0, 0.05) is 37.7 Å². The summed E-state index contributed by atoms with van der Waals surface area (Å²) in [4.78, 5) is 27.8. The molecule has 0 saturated carbocycles. The molecule has 0 fully saturated rings. The highest BCUT2D eigenvalue weighted by Gasteiger charge is 2.08. The third-order valence-electron chi connectivity index (χ3n) is 4.01. The van der Waals surface area contributed by atoms with E-state index in [1.54, 1.807) is 19.4 Å². The van der Waals surface area contributed by atoms with Crippen LogP contribution in [0.1, 0.15) is 12.0 Å². The highest BCUT2D eigenvalue weighted by Crippen LogP contribution is 2.21. The average molecular weight is 336 g/mol. The molecule has 0 bridgehead atoms. The summed E-state index contributed by atoms with van der Waals surface area (Å²) in [6.45, 7) is 0.248. The number of nitrogens with one attached hydrogen (secondary N) is 2. The van der Waals surface area contributed by atoms with E-state index >= 15 is 0 Å². The Morgan fingerprint density at radius 3 is 2.80 bits per heavy atom. The second kappa shape index (κ2) is 7.61. The normalized spacial score (nSPS) is 10.6. The summed E-state index contributed by atoms with van der Waals surface area (Å²) in [5, 5.41) is 6.55. The number of pyridine rings is 1. The molecule has 2 heterocycles. The Morgan fingerprint density at radius 1 is 1.16 bits per heavy atom. The number of aromatic nitrogens is 2. The van der Waals surface area contributed by atoms with E-state index in [2.05, 4.69) is 15.6 Å². The Bertz CT molecular complexity index is 887. The van der Waals surface area contributed by atoms with Crippen LogP contribution in [0, 0.1) is 0 Å². The van der Waals surface area contributed by atoms with Crippen LogP contribution in [-0.2, 0) is 22.6 Å². The molecule has 0 aliphatic carbocycles. The number of likely N-dealkylation sites (N-methyl/N-ethyl adjacent to an activating group) is 1. The van der Waals surface area contributed by atoms with Crippen molar-refractivity contribution in [2.45, 2.75) is 19.4 Å². The fourth-order valence-electron chi connectivity index (χ4n) is 2.66. The lowest BCUT2D eigenvalue weighted by Gasteiger charge is -2.08. The molecule has 1 aromatic carbocycles. The molecule has 0 spiro atoms. The lowest BCUT2D eigenvalue weighted by atomic mass is 10.1. The molecular formula is C19H20N4O2. The first-order chi connectivity index (χ1) is 12.2. The van der Waals surface area contributed by atoms with Crippen LogP contribution >= 0.6 is 0 Å². The maximum absolute atomic E-state index is 12.2. The van der Waals surface area contributed by atoms with E-state index in [-0.39, 0.29) is 18.4 Å². The predicted octanol–water partition coefficient (Wildman–Crippen LogP) is 2.35. The molecule has 6 nitrogen and oxygen atoms in total. The van der Waals surface area contributed by atoms with Gasteiger partial charge in [0.2, 0.25) is 11.8 Å². The van der Waals surface area contributed by atoms with Gasteiger partial charge in [0.15, 0.2) is 0 Å². The Morgan fingerprint density at radius 2 is 2.04 bits per heavy atom. The summed E-state index contributed by atoms with van der Waals surface area (Å²) in [5.41, 5.74) is 2.67. The Labute approximate surface area is 145 Å². The Hall–Kier alpha value is -3.15. The van der Waals surface area contributed by atoms with Gasteiger partial charge in [0.25, 0.3) is 0 Å². The molecule has 0 aliphatic rings. The zero-order valence-electron chi connectivity index (χ0n) is 14.0. The number of nitrogens with zero attached hydrogens (tertiary/aromatic N) is 2. The fraction of sp³-hybridized carbons (Fsp3) is 0.211. The fourth-order valence-corrected chi connectivity index (χ4v) is 2.66. The predicted molar refractivity (Wildman–Crippen MR) is 97.2 cm³/mol. The van der Waals surface area contributed by atoms with Crippen LogP contribution in [0.4, 0.5) is 5.69 Å². The van der Waals surface area contributed by atoms with E-state index in [1.807, 2.05) is 47.2 Å². The van der Waals surface area contributed by atoms with E-state index in [0.29, 0.717) is 12.8 Å². The molecule has 128 valence electrons. The van der Waals surface area contributed by atoms with Gasteiger partial charge in [-0.3, -0.25) is 14.6 Å². The molecular weight excluding hydrogens is 316 g/mol. The minimum absolute atomic E-state index is 0.0485. The lowest BCUT2D eigenvalue weighted by molar-refractivity contribution is -0.121. The standard InChI is InChI=1S/C19H20N4O2/c1-20-19(25)13-23-10-8-15-5-6-16(11-17(15)23)22-18(24)7-4-14-3-2-9-21-12-14/h2-3,5-6,8-12H,4,7,13H2,1H3,(H,20,25)(H,22,24). The van der Waals surface area contributed by atoms with E-state index in [4.69, 9.17) is 0 Å². The summed E-state index contributed by atoms with van der Waals surface area (Å²) in [5.74, 6) is -0.115. The molecule has 3 rings (SSSR count). The first kappa shape index (κ1) is 16.7. The van der Waals surface area contributed by atoms with Crippen LogP contribution in [0.2, 0.25) is 0 Å². The largest absolute Gasteiger partial charge is 0.358 e. The van der Waals surface area contributed by atoms with Gasteiger partial charge in [0.1, 0.15) is 6.54 Å². The van der Waals surface area contributed by atoms with E-state index in [1.165, 1.54) is 0 Å². The summed E-state index contributed by atoms with van der Waals surface area (Å²) < 4.78 is 1.86. The van der Waals surface area contributed by atoms with Gasteiger partial charge >= 0.3 is 0 Å². The van der Waals surface area contributed by atoms with Crippen LogP contribution in [0.5, 0.6) is 0 Å². The number of hydrogen-bond acceptors (Lipinski definition) is 3.